The highest BCUT2D eigenvalue weighted by molar-refractivity contribution is 5.74. The van der Waals surface area contributed by atoms with Crippen LogP contribution in [0.4, 0.5) is 11.4 Å². The van der Waals surface area contributed by atoms with Crippen LogP contribution in [0, 0.1) is 6.92 Å². The van der Waals surface area contributed by atoms with Crippen molar-refractivity contribution in [2.45, 2.75) is 25.8 Å². The lowest BCUT2D eigenvalue weighted by atomic mass is 10.1. The molecule has 14 heavy (non-hydrogen) atoms. The van der Waals surface area contributed by atoms with Gasteiger partial charge >= 0.3 is 0 Å². The Hall–Kier alpha value is -1.18. The number of rotatable bonds is 0. The Morgan fingerprint density at radius 2 is 2.36 bits per heavy atom. The Kier molecular flexibility index (Phi) is 1.69. The van der Waals surface area contributed by atoms with Crippen molar-refractivity contribution in [2.75, 3.05) is 23.3 Å². The molecular weight excluding hydrogens is 172 g/mol. The van der Waals surface area contributed by atoms with Gasteiger partial charge in [-0.05, 0) is 37.5 Å². The minimum Gasteiger partial charge on any atom is -0.381 e. The quantitative estimate of drug-likeness (QED) is 0.672. The molecule has 2 nitrogen and oxygen atoms in total. The second kappa shape index (κ2) is 2.91. The smallest absolute Gasteiger partial charge is 0.0605 e. The van der Waals surface area contributed by atoms with Crippen LogP contribution in [0.5, 0.6) is 0 Å². The van der Waals surface area contributed by atoms with Crippen LogP contribution in [-0.4, -0.2) is 19.1 Å². The summed E-state index contributed by atoms with van der Waals surface area (Å²) in [6, 6.07) is 7.46. The molecule has 2 aliphatic rings. The van der Waals surface area contributed by atoms with Gasteiger partial charge in [-0.25, -0.2) is 0 Å². The number of aryl methyl sites for hydroxylation is 1. The second-order valence-corrected chi connectivity index (χ2v) is 4.39. The van der Waals surface area contributed by atoms with E-state index in [4.69, 9.17) is 0 Å². The number of hydrogen-bond donors (Lipinski definition) is 1. The van der Waals surface area contributed by atoms with E-state index in [1.807, 2.05) is 0 Å². The van der Waals surface area contributed by atoms with Crippen molar-refractivity contribution >= 4 is 11.4 Å². The predicted molar refractivity (Wildman–Crippen MR) is 60.0 cm³/mol. The fraction of sp³-hybridized carbons (Fsp3) is 0.500. The van der Waals surface area contributed by atoms with E-state index >= 15 is 0 Å². The van der Waals surface area contributed by atoms with Gasteiger partial charge in [0, 0.05) is 19.1 Å². The van der Waals surface area contributed by atoms with Gasteiger partial charge in [-0.15, -0.1) is 0 Å². The first-order valence-corrected chi connectivity index (χ1v) is 5.46. The Labute approximate surface area is 84.9 Å². The van der Waals surface area contributed by atoms with Crippen LogP contribution in [0.2, 0.25) is 0 Å². The van der Waals surface area contributed by atoms with Crippen molar-refractivity contribution in [3.05, 3.63) is 23.8 Å². The summed E-state index contributed by atoms with van der Waals surface area (Å²) in [6.45, 7) is 4.51. The van der Waals surface area contributed by atoms with Gasteiger partial charge in [0.1, 0.15) is 0 Å². The van der Waals surface area contributed by atoms with Gasteiger partial charge in [0.2, 0.25) is 0 Å². The topological polar surface area (TPSA) is 15.3 Å². The van der Waals surface area contributed by atoms with E-state index in [0.29, 0.717) is 0 Å². The number of anilines is 2. The van der Waals surface area contributed by atoms with E-state index < -0.39 is 0 Å². The van der Waals surface area contributed by atoms with Crippen molar-refractivity contribution in [3.63, 3.8) is 0 Å². The van der Waals surface area contributed by atoms with E-state index in [2.05, 4.69) is 35.3 Å². The molecule has 0 aromatic heterocycles. The lowest BCUT2D eigenvalue weighted by Gasteiger charge is -2.34. The van der Waals surface area contributed by atoms with Gasteiger partial charge in [0.05, 0.1) is 11.4 Å². The maximum atomic E-state index is 3.53. The highest BCUT2D eigenvalue weighted by Gasteiger charge is 2.29. The van der Waals surface area contributed by atoms with Crippen molar-refractivity contribution in [2.24, 2.45) is 0 Å². The molecule has 2 aliphatic heterocycles. The SMILES string of the molecule is Cc1ccc2c(c1)NC[C@@H]1CCCN21. The van der Waals surface area contributed by atoms with Crippen LogP contribution < -0.4 is 10.2 Å². The summed E-state index contributed by atoms with van der Waals surface area (Å²) >= 11 is 0. The third-order valence-electron chi connectivity index (χ3n) is 3.37. The lowest BCUT2D eigenvalue weighted by Crippen LogP contribution is -2.39. The molecule has 0 aliphatic carbocycles. The fourth-order valence-electron chi connectivity index (χ4n) is 2.63. The molecule has 1 fully saturated rings. The molecule has 1 atom stereocenters. The lowest BCUT2D eigenvalue weighted by molar-refractivity contribution is 0.683. The van der Waals surface area contributed by atoms with Crippen molar-refractivity contribution in [1.29, 1.82) is 0 Å². The number of fused-ring (bicyclic) bond motifs is 3. The maximum absolute atomic E-state index is 3.53. The van der Waals surface area contributed by atoms with Crippen LogP contribution >= 0.6 is 0 Å². The highest BCUT2D eigenvalue weighted by atomic mass is 15.2. The molecule has 2 heteroatoms. The molecule has 1 N–H and O–H groups in total. The van der Waals surface area contributed by atoms with Gasteiger partial charge in [-0.1, -0.05) is 6.07 Å². The monoisotopic (exact) mass is 188 g/mol. The van der Waals surface area contributed by atoms with E-state index in [1.54, 1.807) is 0 Å². The van der Waals surface area contributed by atoms with E-state index in [-0.39, 0.29) is 0 Å². The molecule has 0 bridgehead atoms. The maximum Gasteiger partial charge on any atom is 0.0605 e. The van der Waals surface area contributed by atoms with Gasteiger partial charge in [-0.3, -0.25) is 0 Å². The summed E-state index contributed by atoms with van der Waals surface area (Å²) in [6.07, 6.45) is 2.69. The van der Waals surface area contributed by atoms with Crippen molar-refractivity contribution in [3.8, 4) is 0 Å². The second-order valence-electron chi connectivity index (χ2n) is 4.39. The molecule has 74 valence electrons. The molecule has 2 heterocycles. The first kappa shape index (κ1) is 8.16. The van der Waals surface area contributed by atoms with Gasteiger partial charge in [0.25, 0.3) is 0 Å². The zero-order chi connectivity index (χ0) is 9.54. The third kappa shape index (κ3) is 1.10. The summed E-state index contributed by atoms with van der Waals surface area (Å²) in [5.74, 6) is 0. The summed E-state index contributed by atoms with van der Waals surface area (Å²) in [7, 11) is 0. The Bertz CT molecular complexity index is 359. The number of nitrogens with one attached hydrogen (secondary N) is 1. The zero-order valence-electron chi connectivity index (χ0n) is 8.59. The number of nitrogens with zero attached hydrogens (tertiary/aromatic N) is 1. The Morgan fingerprint density at radius 3 is 3.29 bits per heavy atom. The first-order valence-electron chi connectivity index (χ1n) is 5.46. The van der Waals surface area contributed by atoms with Crippen LogP contribution in [0.3, 0.4) is 0 Å². The minimum absolute atomic E-state index is 0.741. The molecule has 0 amide bonds. The average Bonchev–Trinajstić information content (AvgIpc) is 2.65. The Morgan fingerprint density at radius 1 is 1.43 bits per heavy atom. The molecule has 0 unspecified atom stereocenters. The van der Waals surface area contributed by atoms with Crippen molar-refractivity contribution in [1.82, 2.24) is 0 Å². The van der Waals surface area contributed by atoms with E-state index in [1.165, 1.54) is 36.3 Å². The largest absolute Gasteiger partial charge is 0.381 e. The molecule has 0 saturated carbocycles. The molecule has 1 aromatic carbocycles. The third-order valence-corrected chi connectivity index (χ3v) is 3.37. The molecule has 0 radical (unpaired) electrons. The molecule has 0 spiro atoms. The first-order chi connectivity index (χ1) is 6.84. The number of hydrogen-bond acceptors (Lipinski definition) is 2. The van der Waals surface area contributed by atoms with E-state index in [0.717, 1.165) is 12.6 Å². The van der Waals surface area contributed by atoms with Gasteiger partial charge < -0.3 is 10.2 Å². The zero-order valence-corrected chi connectivity index (χ0v) is 8.59. The van der Waals surface area contributed by atoms with Crippen LogP contribution in [0.25, 0.3) is 0 Å². The van der Waals surface area contributed by atoms with E-state index in [9.17, 15) is 0 Å². The van der Waals surface area contributed by atoms with Crippen molar-refractivity contribution < 1.29 is 0 Å². The highest BCUT2D eigenvalue weighted by Crippen LogP contribution is 2.36. The molecule has 3 rings (SSSR count). The summed E-state index contributed by atoms with van der Waals surface area (Å²) in [5.41, 5.74) is 4.07. The van der Waals surface area contributed by atoms with Gasteiger partial charge in [-0.2, -0.15) is 0 Å². The summed E-state index contributed by atoms with van der Waals surface area (Å²) in [4.78, 5) is 2.56. The minimum atomic E-state index is 0.741. The summed E-state index contributed by atoms with van der Waals surface area (Å²) < 4.78 is 0. The number of benzene rings is 1. The predicted octanol–water partition coefficient (Wildman–Crippen LogP) is 2.39. The Balaban J connectivity index is 2.05. The normalized spacial score (nSPS) is 24.1. The molecule has 1 saturated heterocycles. The van der Waals surface area contributed by atoms with Crippen LogP contribution in [-0.2, 0) is 0 Å². The fourth-order valence-corrected chi connectivity index (χ4v) is 2.63. The van der Waals surface area contributed by atoms with Crippen LogP contribution in [0.1, 0.15) is 18.4 Å². The molecule has 1 aromatic rings. The average molecular weight is 188 g/mol. The standard InChI is InChI=1S/C12H16N2/c1-9-4-5-12-11(7-9)13-8-10-3-2-6-14(10)12/h4-5,7,10,13H,2-3,6,8H2,1H3/t10-/m0/s1. The summed E-state index contributed by atoms with van der Waals surface area (Å²) in [5, 5.41) is 3.53. The van der Waals surface area contributed by atoms with Crippen LogP contribution in [0.15, 0.2) is 18.2 Å². The van der Waals surface area contributed by atoms with Gasteiger partial charge in [0.15, 0.2) is 0 Å². The molecular formula is C12H16N2.